The van der Waals surface area contributed by atoms with Crippen LogP contribution in [0.4, 0.5) is 5.69 Å². The molecule has 9 heteroatoms. The van der Waals surface area contributed by atoms with Crippen molar-refractivity contribution in [1.82, 2.24) is 4.98 Å². The van der Waals surface area contributed by atoms with Gasteiger partial charge < -0.3 is 28.3 Å². The SMILES string of the molecule is CCN(CC)c1ccc2nc3c4ccc(OC(=O)c5ccc(OCCCCCCOCC6CO6)cc5)cc4c(=O)cc-3oc2c1. The number of carbonyl (C=O) groups is 1. The molecule has 1 atom stereocenters. The van der Waals surface area contributed by atoms with Gasteiger partial charge in [-0.15, -0.1) is 0 Å². The lowest BCUT2D eigenvalue weighted by Crippen LogP contribution is -2.21. The van der Waals surface area contributed by atoms with E-state index in [1.807, 2.05) is 18.2 Å². The molecule has 0 aromatic heterocycles. The van der Waals surface area contributed by atoms with Crippen molar-refractivity contribution in [1.29, 1.82) is 0 Å². The Hall–Kier alpha value is -4.47. The quantitative estimate of drug-likeness (QED) is 0.0314. The fourth-order valence-electron chi connectivity index (χ4n) is 5.37. The molecule has 2 heterocycles. The number of rotatable bonds is 15. The van der Waals surface area contributed by atoms with E-state index in [-0.39, 0.29) is 11.2 Å². The standard InChI is InChI=1S/C36H38N2O7/c1-3-38(4-2)25-11-16-31-33(19-25)45-34-21-32(39)30-20-27(14-15-29(30)35(34)37-31)44-36(40)24-9-12-26(13-10-24)42-18-8-6-5-7-17-41-22-28-23-43-28/h9-16,19-21,28H,3-8,17-18,22-23H2,1-2H3. The van der Waals surface area contributed by atoms with Crippen molar-refractivity contribution >= 4 is 33.5 Å². The van der Waals surface area contributed by atoms with Crippen molar-refractivity contribution < 1.29 is 28.2 Å². The maximum absolute atomic E-state index is 13.1. The van der Waals surface area contributed by atoms with E-state index in [1.54, 1.807) is 42.5 Å². The minimum absolute atomic E-state index is 0.237. The third kappa shape index (κ3) is 7.44. The first kappa shape index (κ1) is 30.6. The Labute approximate surface area is 262 Å². The lowest BCUT2D eigenvalue weighted by Gasteiger charge is -2.21. The molecule has 6 rings (SSSR count). The summed E-state index contributed by atoms with van der Waals surface area (Å²) >= 11 is 0. The van der Waals surface area contributed by atoms with Crippen molar-refractivity contribution in [3.05, 3.63) is 82.5 Å². The van der Waals surface area contributed by atoms with Crippen molar-refractivity contribution in [2.24, 2.45) is 0 Å². The van der Waals surface area contributed by atoms with Gasteiger partial charge in [-0.1, -0.05) is 6.42 Å². The first-order chi connectivity index (χ1) is 22.0. The second kappa shape index (κ2) is 14.1. The average Bonchev–Trinajstić information content (AvgIpc) is 3.89. The van der Waals surface area contributed by atoms with Crippen LogP contribution in [-0.2, 0) is 9.47 Å². The summed E-state index contributed by atoms with van der Waals surface area (Å²) in [5.41, 5.74) is 3.08. The van der Waals surface area contributed by atoms with Gasteiger partial charge in [0.25, 0.3) is 0 Å². The molecule has 1 fully saturated rings. The largest absolute Gasteiger partial charge is 0.494 e. The van der Waals surface area contributed by atoms with Gasteiger partial charge in [0, 0.05) is 48.3 Å². The summed E-state index contributed by atoms with van der Waals surface area (Å²) in [6.45, 7) is 8.88. The van der Waals surface area contributed by atoms with E-state index >= 15 is 0 Å². The molecule has 1 aliphatic carbocycles. The molecular formula is C36H38N2O7. The second-order valence-electron chi connectivity index (χ2n) is 11.2. The third-order valence-corrected chi connectivity index (χ3v) is 7.99. The number of benzene rings is 4. The van der Waals surface area contributed by atoms with Gasteiger partial charge in [0.05, 0.1) is 25.4 Å². The zero-order valence-electron chi connectivity index (χ0n) is 25.8. The topological polar surface area (TPSA) is 104 Å². The molecule has 9 nitrogen and oxygen atoms in total. The zero-order valence-corrected chi connectivity index (χ0v) is 25.8. The van der Waals surface area contributed by atoms with Gasteiger partial charge in [0.15, 0.2) is 16.8 Å². The number of aromatic nitrogens is 1. The minimum atomic E-state index is -0.521. The molecule has 3 aromatic carbocycles. The Bertz CT molecular complexity index is 1790. The number of esters is 1. The van der Waals surface area contributed by atoms with E-state index in [0.717, 1.165) is 57.7 Å². The van der Waals surface area contributed by atoms with E-state index in [1.165, 1.54) is 6.07 Å². The van der Waals surface area contributed by atoms with Crippen molar-refractivity contribution in [3.8, 4) is 23.0 Å². The van der Waals surface area contributed by atoms with Gasteiger partial charge in [-0.05, 0) is 87.7 Å². The van der Waals surface area contributed by atoms with Gasteiger partial charge in [-0.2, -0.15) is 0 Å². The molecule has 45 heavy (non-hydrogen) atoms. The molecule has 2 aliphatic heterocycles. The van der Waals surface area contributed by atoms with Crippen LogP contribution < -0.4 is 19.8 Å². The molecule has 234 valence electrons. The summed E-state index contributed by atoms with van der Waals surface area (Å²) in [5.74, 6) is 0.862. The van der Waals surface area contributed by atoms with Crippen LogP contribution >= 0.6 is 0 Å². The fraction of sp³-hybridized carbons (Fsp3) is 0.361. The summed E-state index contributed by atoms with van der Waals surface area (Å²) in [6.07, 6.45) is 4.47. The molecule has 0 N–H and O–H groups in total. The summed E-state index contributed by atoms with van der Waals surface area (Å²) in [6, 6.07) is 19.2. The van der Waals surface area contributed by atoms with Crippen LogP contribution in [0, 0.1) is 0 Å². The van der Waals surface area contributed by atoms with E-state index < -0.39 is 5.97 Å². The molecule has 0 amide bonds. The van der Waals surface area contributed by atoms with Crippen LogP contribution in [-0.4, -0.2) is 56.6 Å². The van der Waals surface area contributed by atoms with Gasteiger partial charge in [-0.25, -0.2) is 9.78 Å². The Balaban J connectivity index is 1.07. The number of fused-ring (bicyclic) bond motifs is 4. The van der Waals surface area contributed by atoms with Crippen molar-refractivity contribution in [2.75, 3.05) is 44.4 Å². The van der Waals surface area contributed by atoms with Crippen molar-refractivity contribution in [3.63, 3.8) is 0 Å². The smallest absolute Gasteiger partial charge is 0.343 e. The van der Waals surface area contributed by atoms with Crippen LogP contribution in [0.5, 0.6) is 11.5 Å². The molecule has 0 spiro atoms. The van der Waals surface area contributed by atoms with Crippen LogP contribution in [0.2, 0.25) is 0 Å². The first-order valence-electron chi connectivity index (χ1n) is 15.7. The molecule has 3 aromatic rings. The number of nitrogens with zero attached hydrogens (tertiary/aromatic N) is 2. The highest BCUT2D eigenvalue weighted by Gasteiger charge is 2.22. The van der Waals surface area contributed by atoms with Gasteiger partial charge in [0.2, 0.25) is 0 Å². The van der Waals surface area contributed by atoms with E-state index in [2.05, 4.69) is 18.7 Å². The number of carbonyl (C=O) groups excluding carboxylic acids is 1. The van der Waals surface area contributed by atoms with E-state index in [0.29, 0.717) is 64.0 Å². The Morgan fingerprint density at radius 1 is 0.889 bits per heavy atom. The van der Waals surface area contributed by atoms with Crippen LogP contribution in [0.25, 0.3) is 33.3 Å². The maximum atomic E-state index is 13.1. The molecule has 0 bridgehead atoms. The zero-order chi connectivity index (χ0) is 31.2. The second-order valence-corrected chi connectivity index (χ2v) is 11.2. The normalized spacial score (nSPS) is 14.2. The molecular weight excluding hydrogens is 572 g/mol. The first-order valence-corrected chi connectivity index (χ1v) is 15.7. The monoisotopic (exact) mass is 610 g/mol. The number of hydrogen-bond acceptors (Lipinski definition) is 9. The summed E-state index contributed by atoms with van der Waals surface area (Å²) in [4.78, 5) is 33.0. The molecule has 1 saturated heterocycles. The minimum Gasteiger partial charge on any atom is -0.494 e. The summed E-state index contributed by atoms with van der Waals surface area (Å²) < 4.78 is 28.3. The fourth-order valence-corrected chi connectivity index (χ4v) is 5.37. The van der Waals surface area contributed by atoms with Gasteiger partial charge in [0.1, 0.15) is 28.8 Å². The van der Waals surface area contributed by atoms with Gasteiger partial charge in [-0.3, -0.25) is 4.79 Å². The van der Waals surface area contributed by atoms with Gasteiger partial charge >= 0.3 is 5.97 Å². The summed E-state index contributed by atoms with van der Waals surface area (Å²) in [7, 11) is 0. The lowest BCUT2D eigenvalue weighted by atomic mass is 10.0. The maximum Gasteiger partial charge on any atom is 0.343 e. The third-order valence-electron chi connectivity index (χ3n) is 7.99. The lowest BCUT2D eigenvalue weighted by molar-refractivity contribution is 0.0735. The number of ether oxygens (including phenoxy) is 4. The summed E-state index contributed by atoms with van der Waals surface area (Å²) in [5, 5.41) is 1.04. The highest BCUT2D eigenvalue weighted by molar-refractivity contribution is 5.98. The molecule has 3 aliphatic rings. The number of epoxide rings is 1. The predicted octanol–water partition coefficient (Wildman–Crippen LogP) is 6.87. The molecule has 1 unspecified atom stereocenters. The molecule has 0 saturated carbocycles. The average molecular weight is 611 g/mol. The highest BCUT2D eigenvalue weighted by atomic mass is 16.6. The van der Waals surface area contributed by atoms with E-state index in [9.17, 15) is 9.59 Å². The van der Waals surface area contributed by atoms with Crippen molar-refractivity contribution in [2.45, 2.75) is 45.6 Å². The Kier molecular flexibility index (Phi) is 9.57. The Morgan fingerprint density at radius 3 is 2.40 bits per heavy atom. The Morgan fingerprint density at radius 2 is 1.64 bits per heavy atom. The molecule has 0 radical (unpaired) electrons. The van der Waals surface area contributed by atoms with Crippen LogP contribution in [0.15, 0.2) is 75.9 Å². The number of anilines is 1. The number of unbranched alkanes of at least 4 members (excludes halogenated alkanes) is 3. The highest BCUT2D eigenvalue weighted by Crippen LogP contribution is 2.33. The predicted molar refractivity (Wildman–Crippen MR) is 174 cm³/mol. The number of hydrogen-bond donors (Lipinski definition) is 0. The van der Waals surface area contributed by atoms with Crippen LogP contribution in [0.3, 0.4) is 0 Å². The van der Waals surface area contributed by atoms with Crippen LogP contribution in [0.1, 0.15) is 49.9 Å². The van der Waals surface area contributed by atoms with E-state index in [4.69, 9.17) is 28.3 Å².